The lowest BCUT2D eigenvalue weighted by Crippen LogP contribution is -2.45. The molecule has 4 rings (SSSR count). The molecule has 0 saturated heterocycles. The molecule has 0 bridgehead atoms. The first-order valence-corrected chi connectivity index (χ1v) is 29.4. The maximum atomic E-state index is 12.5. The molecule has 2 atom stereocenters. The van der Waals surface area contributed by atoms with E-state index >= 15 is 0 Å². The smallest absolute Gasteiger partial charge is 0.303 e. The third-order valence-electron chi connectivity index (χ3n) is 11.7. The van der Waals surface area contributed by atoms with Crippen LogP contribution in [0.3, 0.4) is 0 Å². The number of allylic oxidation sites excluding steroid dienone is 6. The zero-order chi connectivity index (χ0) is 49.7. The molecule has 3 N–H and O–H groups in total. The number of ether oxygens (including phenoxy) is 1. The predicted molar refractivity (Wildman–Crippen MR) is 261 cm³/mol. The standard InChI is InChI=1S/C44H63IN2O15S4/c1-41(2,3)62-27-25-42(4,5)47-37-22-20-33(66(59,60)61)31-35(37)43(6,23-14-28-63(50,51)52)38(45-47)16-10-8-11-17-39-44(7,24-15-29-64(53,54)55)34-30-32(65(56,57)58)19-21-36(34)46(39)26-13-9-12-18-40(48)49/h8,10-11,16-17,19-22,30-31H,9,12-15,18,23-29H2,1-7H3,(H,48,49)(H,50,51,52)(H,53,54,55)(H,56,57,58)(H,59,60,61)/p-2/b11-8+,16-10+,39-17+. The molecule has 66 heavy (non-hydrogen) atoms. The molecule has 0 aromatic heterocycles. The fraction of sp³-hybridized carbons (Fsp3) is 0.545. The van der Waals surface area contributed by atoms with Crippen LogP contribution >= 0.6 is 21.0 Å². The summed E-state index contributed by atoms with van der Waals surface area (Å²) in [6, 6.07) is 8.35. The molecule has 370 valence electrons. The van der Waals surface area contributed by atoms with E-state index in [9.17, 15) is 56.7 Å². The van der Waals surface area contributed by atoms with Gasteiger partial charge in [-0.05, 0) is 140 Å². The summed E-state index contributed by atoms with van der Waals surface area (Å²) in [5.41, 5.74) is -0.172. The lowest BCUT2D eigenvalue weighted by molar-refractivity contribution is -0.137. The van der Waals surface area contributed by atoms with Gasteiger partial charge in [0.2, 0.25) is 0 Å². The molecule has 2 aliphatic rings. The molecule has 22 heteroatoms. The number of carboxylic acids is 1. The molecule has 0 radical (unpaired) electrons. The number of hydrogen-bond acceptors (Lipinski definition) is 14. The van der Waals surface area contributed by atoms with Crippen molar-refractivity contribution >= 4 is 82.3 Å². The Morgan fingerprint density at radius 3 is 1.95 bits per heavy atom. The average Bonchev–Trinajstić information content (AvgIpc) is 3.38. The Bertz CT molecular complexity index is 2710. The van der Waals surface area contributed by atoms with Gasteiger partial charge in [-0.25, -0.2) is 16.8 Å². The maximum absolute atomic E-state index is 12.5. The summed E-state index contributed by atoms with van der Waals surface area (Å²) in [5.74, 6) is -2.16. The molecule has 0 spiro atoms. The van der Waals surface area contributed by atoms with E-state index in [0.717, 1.165) is 3.51 Å². The van der Waals surface area contributed by atoms with Gasteiger partial charge in [0, 0.05) is 77.6 Å². The highest BCUT2D eigenvalue weighted by molar-refractivity contribution is 14.2. The molecule has 2 aromatic rings. The van der Waals surface area contributed by atoms with Crippen LogP contribution in [0.25, 0.3) is 0 Å². The van der Waals surface area contributed by atoms with E-state index in [2.05, 4.69) is 3.11 Å². The van der Waals surface area contributed by atoms with Crippen LogP contribution in [0, 0.1) is 0 Å². The van der Waals surface area contributed by atoms with Crippen LogP contribution < -0.4 is 8.01 Å². The SMILES string of the molecule is CC(C)(C)OCCC(C)(C)N1I=C(/C=C/C=C/C=C2/N(CCCCCC(=O)O)c3ccc(S(=O)(=O)[O-])cc3C2(C)CCCS(=O)(=O)[O-])C(C)(CCCS(=O)(=O)O)c2cc(S(=O)(=O)O)ccc21. The number of hydrogen-bond donors (Lipinski definition) is 3. The van der Waals surface area contributed by atoms with Gasteiger partial charge in [0.05, 0.1) is 37.0 Å². The van der Waals surface area contributed by atoms with Gasteiger partial charge in [-0.1, -0.05) is 37.6 Å². The second-order valence-electron chi connectivity index (χ2n) is 18.6. The summed E-state index contributed by atoms with van der Waals surface area (Å²) in [5, 5.41) is 9.16. The molecular formula is C44H61IN2O15S4-2. The van der Waals surface area contributed by atoms with Gasteiger partial charge in [0.15, 0.2) is 0 Å². The van der Waals surface area contributed by atoms with Crippen molar-refractivity contribution in [2.75, 3.05) is 32.7 Å². The van der Waals surface area contributed by atoms with E-state index in [-0.39, 0.29) is 37.0 Å². The minimum absolute atomic E-state index is 0.0188. The largest absolute Gasteiger partial charge is 0.748 e. The number of carboxylic acid groups (broad SMARTS) is 1. The Balaban J connectivity index is 1.87. The summed E-state index contributed by atoms with van der Waals surface area (Å²) >= 11 is -1.11. The van der Waals surface area contributed by atoms with Crippen LogP contribution in [0.2, 0.25) is 0 Å². The molecular weight excluding hydrogens is 1050 g/mol. The van der Waals surface area contributed by atoms with E-state index in [4.69, 9.17) is 9.84 Å². The highest BCUT2D eigenvalue weighted by Gasteiger charge is 2.44. The second-order valence-corrected chi connectivity index (χ2v) is 27.1. The van der Waals surface area contributed by atoms with Crippen LogP contribution in [0.4, 0.5) is 11.4 Å². The Hall–Kier alpha value is -3.07. The zero-order valence-corrected chi connectivity index (χ0v) is 43.6. The summed E-state index contributed by atoms with van der Waals surface area (Å²) < 4.78 is 150. The highest BCUT2D eigenvalue weighted by atomic mass is 127. The molecule has 2 unspecified atom stereocenters. The molecule has 2 aromatic carbocycles. The van der Waals surface area contributed by atoms with E-state index < -0.39 is 106 Å². The molecule has 0 saturated carbocycles. The number of nitrogens with zero attached hydrogens (tertiary/aromatic N) is 2. The summed E-state index contributed by atoms with van der Waals surface area (Å²) in [7, 11) is -18.5. The molecule has 2 heterocycles. The second kappa shape index (κ2) is 21.3. The molecule has 0 amide bonds. The van der Waals surface area contributed by atoms with Crippen molar-refractivity contribution in [1.29, 1.82) is 0 Å². The normalized spacial score (nSPS) is 20.5. The number of aliphatic carboxylic acids is 1. The molecule has 2 aliphatic heterocycles. The average molecular weight is 1110 g/mol. The van der Waals surface area contributed by atoms with Gasteiger partial charge >= 0.3 is 5.97 Å². The van der Waals surface area contributed by atoms with Crippen molar-refractivity contribution in [3.05, 3.63) is 83.6 Å². The minimum atomic E-state index is -4.90. The number of fused-ring (bicyclic) bond motifs is 2. The number of rotatable bonds is 23. The number of unbranched alkanes of at least 4 members (excludes halogenated alkanes) is 2. The molecule has 17 nitrogen and oxygen atoms in total. The van der Waals surface area contributed by atoms with E-state index in [1.807, 2.05) is 52.5 Å². The lowest BCUT2D eigenvalue weighted by Gasteiger charge is -2.46. The van der Waals surface area contributed by atoms with Gasteiger partial charge in [-0.15, -0.1) is 0 Å². The van der Waals surface area contributed by atoms with Gasteiger partial charge in [0.25, 0.3) is 20.2 Å². The third-order valence-corrected chi connectivity index (χ3v) is 19.3. The lowest BCUT2D eigenvalue weighted by atomic mass is 9.74. The molecule has 0 aliphatic carbocycles. The van der Waals surface area contributed by atoms with E-state index in [1.54, 1.807) is 37.3 Å². The van der Waals surface area contributed by atoms with E-state index in [0.29, 0.717) is 67.0 Å². The van der Waals surface area contributed by atoms with Crippen molar-refractivity contribution < 1.29 is 66.5 Å². The van der Waals surface area contributed by atoms with Gasteiger partial charge in [-0.2, -0.15) is 16.8 Å². The van der Waals surface area contributed by atoms with Gasteiger partial charge < -0.3 is 27.0 Å². The first-order valence-electron chi connectivity index (χ1n) is 21.3. The Labute approximate surface area is 400 Å². The Morgan fingerprint density at radius 1 is 0.773 bits per heavy atom. The fourth-order valence-corrected chi connectivity index (χ4v) is 13.8. The van der Waals surface area contributed by atoms with Crippen LogP contribution in [-0.2, 0) is 60.8 Å². The van der Waals surface area contributed by atoms with E-state index in [1.165, 1.54) is 30.3 Å². The first kappa shape index (κ1) is 55.5. The number of anilines is 2. The van der Waals surface area contributed by atoms with Crippen LogP contribution in [0.1, 0.15) is 117 Å². The summed E-state index contributed by atoms with van der Waals surface area (Å²) in [4.78, 5) is 12.3. The van der Waals surface area contributed by atoms with Crippen molar-refractivity contribution in [2.24, 2.45) is 0 Å². The fourth-order valence-electron chi connectivity index (χ4n) is 8.23. The highest BCUT2D eigenvalue weighted by Crippen LogP contribution is 2.52. The minimum Gasteiger partial charge on any atom is -0.748 e. The number of halogens is 1. The number of carbonyl (C=O) groups is 1. The van der Waals surface area contributed by atoms with Crippen molar-refractivity contribution in [2.45, 2.75) is 138 Å². The zero-order valence-electron chi connectivity index (χ0n) is 38.2. The summed E-state index contributed by atoms with van der Waals surface area (Å²) in [6.07, 6.45) is 11.1. The third kappa shape index (κ3) is 15.0. The van der Waals surface area contributed by atoms with Crippen molar-refractivity contribution in [3.8, 4) is 0 Å². The Morgan fingerprint density at radius 2 is 1.36 bits per heavy atom. The topological polar surface area (TPSA) is 276 Å². The monoisotopic (exact) mass is 1110 g/mol. The Kier molecular flexibility index (Phi) is 17.9. The predicted octanol–water partition coefficient (Wildman–Crippen LogP) is 7.37. The van der Waals surface area contributed by atoms with Crippen LogP contribution in [0.5, 0.6) is 0 Å². The maximum Gasteiger partial charge on any atom is 0.303 e. The summed E-state index contributed by atoms with van der Waals surface area (Å²) in [6.45, 7) is 14.3. The van der Waals surface area contributed by atoms with Crippen LogP contribution in [0.15, 0.2) is 82.3 Å². The van der Waals surface area contributed by atoms with Crippen molar-refractivity contribution in [1.82, 2.24) is 0 Å². The quantitative estimate of drug-likeness (QED) is 0.0322. The van der Waals surface area contributed by atoms with Gasteiger partial charge in [0.1, 0.15) is 10.1 Å². The molecule has 0 fully saturated rings. The number of benzene rings is 2. The van der Waals surface area contributed by atoms with Gasteiger partial charge in [-0.3, -0.25) is 13.9 Å². The first-order chi connectivity index (χ1) is 30.2. The van der Waals surface area contributed by atoms with Crippen molar-refractivity contribution in [3.63, 3.8) is 0 Å². The van der Waals surface area contributed by atoms with Crippen LogP contribution in [-0.4, -0.2) is 102 Å².